The number of hydrogen-bond acceptors (Lipinski definition) is 5. The molecule has 0 aliphatic carbocycles. The number of ether oxygens (including phenoxy) is 1. The van der Waals surface area contributed by atoms with Crippen LogP contribution in [-0.2, 0) is 23.8 Å². The smallest absolute Gasteiger partial charge is 0.304 e. The maximum atomic E-state index is 11.9. The van der Waals surface area contributed by atoms with Crippen molar-refractivity contribution in [2.45, 2.75) is 38.4 Å². The van der Waals surface area contributed by atoms with Gasteiger partial charge in [0, 0.05) is 13.3 Å². The Morgan fingerprint density at radius 3 is 2.28 bits per heavy atom. The zero-order chi connectivity index (χ0) is 13.8. The Kier molecular flexibility index (Phi) is 4.86. The summed E-state index contributed by atoms with van der Waals surface area (Å²) >= 11 is 0. The van der Waals surface area contributed by atoms with Crippen molar-refractivity contribution >= 4 is 16.1 Å². The summed E-state index contributed by atoms with van der Waals surface area (Å²) in [6.45, 7) is 4.72. The van der Waals surface area contributed by atoms with Gasteiger partial charge in [0.1, 0.15) is 0 Å². The van der Waals surface area contributed by atoms with Crippen molar-refractivity contribution in [3.8, 4) is 0 Å². The maximum absolute atomic E-state index is 11.9. The van der Waals surface area contributed by atoms with Crippen LogP contribution in [0.5, 0.6) is 0 Å². The van der Waals surface area contributed by atoms with E-state index >= 15 is 0 Å². The topological polar surface area (TPSA) is 69.7 Å². The van der Waals surface area contributed by atoms with E-state index in [1.807, 2.05) is 6.92 Å². The minimum absolute atomic E-state index is 0.0405. The van der Waals surface area contributed by atoms with Crippen LogP contribution in [0.4, 0.5) is 0 Å². The summed E-state index contributed by atoms with van der Waals surface area (Å²) in [5.74, 6) is -0.582. The van der Waals surface area contributed by atoms with Gasteiger partial charge in [0.05, 0.1) is 4.90 Å². The Labute approximate surface area is 107 Å². The van der Waals surface area contributed by atoms with Gasteiger partial charge in [-0.15, -0.1) is 0 Å². The molecule has 1 aromatic carbocycles. The second-order valence-electron chi connectivity index (χ2n) is 3.81. The van der Waals surface area contributed by atoms with Gasteiger partial charge in [0.25, 0.3) is 10.1 Å². The molecule has 0 radical (unpaired) electrons. The molecule has 0 heterocycles. The molecule has 0 spiro atoms. The highest BCUT2D eigenvalue weighted by atomic mass is 32.2. The molecule has 6 heteroatoms. The summed E-state index contributed by atoms with van der Waals surface area (Å²) in [7, 11) is -3.91. The Morgan fingerprint density at radius 1 is 1.28 bits per heavy atom. The monoisotopic (exact) mass is 272 g/mol. The van der Waals surface area contributed by atoms with Gasteiger partial charge in [0.15, 0.2) is 0 Å². The highest BCUT2D eigenvalue weighted by Crippen LogP contribution is 2.16. The average Bonchev–Trinajstić information content (AvgIpc) is 2.27. The van der Waals surface area contributed by atoms with Crippen LogP contribution in [-0.4, -0.2) is 20.7 Å². The average molecular weight is 272 g/mol. The minimum atomic E-state index is -3.91. The summed E-state index contributed by atoms with van der Waals surface area (Å²) in [6, 6.07) is 6.24. The van der Waals surface area contributed by atoms with Crippen LogP contribution in [0.15, 0.2) is 29.2 Å². The van der Waals surface area contributed by atoms with E-state index in [0.717, 1.165) is 5.56 Å². The molecule has 0 amide bonds. The van der Waals surface area contributed by atoms with Crippen molar-refractivity contribution in [1.82, 2.24) is 0 Å². The highest BCUT2D eigenvalue weighted by Gasteiger charge is 2.22. The fourth-order valence-corrected chi connectivity index (χ4v) is 2.30. The van der Waals surface area contributed by atoms with E-state index in [1.165, 1.54) is 19.1 Å². The molecule has 100 valence electrons. The van der Waals surface area contributed by atoms with Gasteiger partial charge in [-0.2, -0.15) is 8.42 Å². The van der Waals surface area contributed by atoms with E-state index in [0.29, 0.717) is 0 Å². The van der Waals surface area contributed by atoms with Gasteiger partial charge in [-0.1, -0.05) is 24.6 Å². The van der Waals surface area contributed by atoms with E-state index in [9.17, 15) is 13.2 Å². The molecule has 1 unspecified atom stereocenters. The van der Waals surface area contributed by atoms with Crippen molar-refractivity contribution < 1.29 is 22.1 Å². The lowest BCUT2D eigenvalue weighted by atomic mass is 10.2. The van der Waals surface area contributed by atoms with Crippen LogP contribution in [0.3, 0.4) is 0 Å². The number of aryl methyl sites for hydroxylation is 1. The normalized spacial score (nSPS) is 13.1. The minimum Gasteiger partial charge on any atom is -0.435 e. The summed E-state index contributed by atoms with van der Waals surface area (Å²) in [4.78, 5) is 10.8. The first-order valence-electron chi connectivity index (χ1n) is 5.52. The number of benzene rings is 1. The zero-order valence-corrected chi connectivity index (χ0v) is 11.4. The van der Waals surface area contributed by atoms with Crippen molar-refractivity contribution in [1.29, 1.82) is 0 Å². The van der Waals surface area contributed by atoms with Gasteiger partial charge >= 0.3 is 5.97 Å². The van der Waals surface area contributed by atoms with Crippen LogP contribution in [0.1, 0.15) is 25.8 Å². The van der Waals surface area contributed by atoms with Crippen LogP contribution >= 0.6 is 0 Å². The molecule has 5 nitrogen and oxygen atoms in total. The molecule has 0 aromatic heterocycles. The number of esters is 1. The number of hydrogen-bond donors (Lipinski definition) is 0. The predicted molar refractivity (Wildman–Crippen MR) is 65.3 cm³/mol. The molecule has 0 N–H and O–H groups in total. The molecule has 1 aromatic rings. The van der Waals surface area contributed by atoms with Crippen molar-refractivity contribution in [3.63, 3.8) is 0 Å². The van der Waals surface area contributed by atoms with Gasteiger partial charge in [-0.05, 0) is 19.1 Å². The lowest BCUT2D eigenvalue weighted by molar-refractivity contribution is -0.160. The Bertz CT molecular complexity index is 504. The molecule has 0 fully saturated rings. The van der Waals surface area contributed by atoms with E-state index in [1.54, 1.807) is 19.1 Å². The maximum Gasteiger partial charge on any atom is 0.304 e. The van der Waals surface area contributed by atoms with E-state index in [4.69, 9.17) is 8.92 Å². The summed E-state index contributed by atoms with van der Waals surface area (Å²) in [5, 5.41) is 0. The van der Waals surface area contributed by atoms with E-state index in [2.05, 4.69) is 0 Å². The van der Waals surface area contributed by atoms with Gasteiger partial charge < -0.3 is 4.74 Å². The second kappa shape index (κ2) is 5.97. The highest BCUT2D eigenvalue weighted by molar-refractivity contribution is 7.86. The first-order valence-corrected chi connectivity index (χ1v) is 6.93. The summed E-state index contributed by atoms with van der Waals surface area (Å²) in [5.41, 5.74) is 0.945. The van der Waals surface area contributed by atoms with Gasteiger partial charge in [-0.25, -0.2) is 4.18 Å². The quantitative estimate of drug-likeness (QED) is 0.466. The van der Waals surface area contributed by atoms with E-state index in [-0.39, 0.29) is 11.3 Å². The standard InChI is InChI=1S/C12H16O5S/c1-4-12(16-10(3)13)17-18(14,15)11-7-5-9(2)6-8-11/h5-8,12H,4H2,1-3H3. The Morgan fingerprint density at radius 2 is 1.83 bits per heavy atom. The summed E-state index contributed by atoms with van der Waals surface area (Å²) < 4.78 is 33.4. The zero-order valence-electron chi connectivity index (χ0n) is 10.5. The number of carbonyl (C=O) groups excluding carboxylic acids is 1. The van der Waals surface area contributed by atoms with Crippen LogP contribution in [0.2, 0.25) is 0 Å². The molecule has 1 atom stereocenters. The fraction of sp³-hybridized carbons (Fsp3) is 0.417. The van der Waals surface area contributed by atoms with E-state index < -0.39 is 22.4 Å². The van der Waals surface area contributed by atoms with Crippen molar-refractivity contribution in [3.05, 3.63) is 29.8 Å². The third kappa shape index (κ3) is 4.12. The third-order valence-corrected chi connectivity index (χ3v) is 3.49. The molecule has 0 aliphatic rings. The van der Waals surface area contributed by atoms with Crippen molar-refractivity contribution in [2.24, 2.45) is 0 Å². The summed E-state index contributed by atoms with van der Waals surface area (Å²) in [6.07, 6.45) is -0.834. The Balaban J connectivity index is 2.86. The van der Waals surface area contributed by atoms with Crippen LogP contribution in [0, 0.1) is 6.92 Å². The predicted octanol–water partition coefficient (Wildman–Crippen LogP) is 2.00. The molecule has 1 rings (SSSR count). The Hall–Kier alpha value is -1.40. The molecular formula is C12H16O5S. The number of carbonyl (C=O) groups is 1. The molecule has 0 aliphatic heterocycles. The fourth-order valence-electron chi connectivity index (χ4n) is 1.26. The molecular weight excluding hydrogens is 256 g/mol. The molecule has 0 saturated heterocycles. The molecule has 0 bridgehead atoms. The van der Waals surface area contributed by atoms with Crippen LogP contribution in [0.25, 0.3) is 0 Å². The van der Waals surface area contributed by atoms with Gasteiger partial charge in [-0.3, -0.25) is 4.79 Å². The first kappa shape index (κ1) is 14.7. The van der Waals surface area contributed by atoms with Gasteiger partial charge in [0.2, 0.25) is 6.29 Å². The first-order chi connectivity index (χ1) is 8.35. The lowest BCUT2D eigenvalue weighted by Crippen LogP contribution is -2.23. The third-order valence-electron chi connectivity index (χ3n) is 2.17. The largest absolute Gasteiger partial charge is 0.435 e. The van der Waals surface area contributed by atoms with Crippen LogP contribution < -0.4 is 0 Å². The molecule has 0 saturated carbocycles. The molecule has 18 heavy (non-hydrogen) atoms. The SMILES string of the molecule is CCC(OC(C)=O)OS(=O)(=O)c1ccc(C)cc1. The lowest BCUT2D eigenvalue weighted by Gasteiger charge is -2.15. The second-order valence-corrected chi connectivity index (χ2v) is 5.38. The number of rotatable bonds is 5. The van der Waals surface area contributed by atoms with Crippen molar-refractivity contribution in [2.75, 3.05) is 0 Å².